The number of aromatic amines is 1. The first-order valence-electron chi connectivity index (χ1n) is 5.19. The summed E-state index contributed by atoms with van der Waals surface area (Å²) in [5, 5.41) is 11.3. The van der Waals surface area contributed by atoms with E-state index in [0.29, 0.717) is 11.5 Å². The quantitative estimate of drug-likeness (QED) is 0.535. The number of nitrogens with two attached hydrogens (primary N) is 1. The number of rotatable bonds is 5. The van der Waals surface area contributed by atoms with Crippen LogP contribution in [0.25, 0.3) is 0 Å². The lowest BCUT2D eigenvalue weighted by molar-refractivity contribution is -0.141. The van der Waals surface area contributed by atoms with Gasteiger partial charge in [-0.25, -0.2) is 9.78 Å². The van der Waals surface area contributed by atoms with Gasteiger partial charge in [0.1, 0.15) is 11.9 Å². The molecule has 94 valence electrons. The number of carboxylic acids is 1. The van der Waals surface area contributed by atoms with E-state index in [9.17, 15) is 9.59 Å². The van der Waals surface area contributed by atoms with Crippen LogP contribution >= 0.6 is 0 Å². The van der Waals surface area contributed by atoms with Gasteiger partial charge in [-0.15, -0.1) is 0 Å². The van der Waals surface area contributed by atoms with Crippen LogP contribution in [0.4, 0.5) is 0 Å². The van der Waals surface area contributed by atoms with Gasteiger partial charge in [-0.2, -0.15) is 0 Å². The predicted molar refractivity (Wildman–Crippen MR) is 60.2 cm³/mol. The number of carbonyl (C=O) groups excluding carboxylic acids is 1. The molecule has 0 unspecified atom stereocenters. The molecule has 2 atom stereocenters. The van der Waals surface area contributed by atoms with Crippen LogP contribution in [0.2, 0.25) is 0 Å². The molecule has 0 spiro atoms. The highest BCUT2D eigenvalue weighted by Crippen LogP contribution is 2.01. The molecule has 1 heterocycles. The molecule has 0 aliphatic carbocycles. The summed E-state index contributed by atoms with van der Waals surface area (Å²) in [6.45, 7) is 3.26. The zero-order chi connectivity index (χ0) is 13.0. The Kier molecular flexibility index (Phi) is 4.22. The highest BCUT2D eigenvalue weighted by molar-refractivity contribution is 5.86. The van der Waals surface area contributed by atoms with Crippen LogP contribution in [-0.2, 0) is 16.0 Å². The summed E-state index contributed by atoms with van der Waals surface area (Å²) in [6, 6.07) is -1.74. The van der Waals surface area contributed by atoms with E-state index in [4.69, 9.17) is 10.8 Å². The maximum atomic E-state index is 11.3. The third-order valence-corrected chi connectivity index (χ3v) is 2.21. The fourth-order valence-corrected chi connectivity index (χ4v) is 1.30. The summed E-state index contributed by atoms with van der Waals surface area (Å²) in [5.74, 6) is -0.900. The molecule has 0 aromatic carbocycles. The van der Waals surface area contributed by atoms with E-state index in [1.165, 1.54) is 6.92 Å². The molecule has 17 heavy (non-hydrogen) atoms. The van der Waals surface area contributed by atoms with Crippen LogP contribution in [0.1, 0.15) is 18.4 Å². The molecule has 0 bridgehead atoms. The lowest BCUT2D eigenvalue weighted by Gasteiger charge is -2.15. The van der Waals surface area contributed by atoms with E-state index in [1.807, 2.05) is 0 Å². The van der Waals surface area contributed by atoms with Crippen LogP contribution in [0.5, 0.6) is 0 Å². The summed E-state index contributed by atoms with van der Waals surface area (Å²) in [7, 11) is 0. The highest BCUT2D eigenvalue weighted by Gasteiger charge is 2.22. The van der Waals surface area contributed by atoms with E-state index in [1.54, 1.807) is 13.1 Å². The van der Waals surface area contributed by atoms with Gasteiger partial charge < -0.3 is 21.1 Å². The minimum Gasteiger partial charge on any atom is -0.480 e. The second-order valence-corrected chi connectivity index (χ2v) is 3.89. The van der Waals surface area contributed by atoms with Crippen molar-refractivity contribution in [3.05, 3.63) is 17.7 Å². The molecule has 0 aliphatic heterocycles. The number of imidazole rings is 1. The number of carboxylic acid groups (broad SMARTS) is 1. The van der Waals surface area contributed by atoms with Crippen molar-refractivity contribution in [1.29, 1.82) is 0 Å². The summed E-state index contributed by atoms with van der Waals surface area (Å²) in [5.41, 5.74) is 6.01. The van der Waals surface area contributed by atoms with Crippen molar-refractivity contribution in [3.8, 4) is 0 Å². The van der Waals surface area contributed by atoms with E-state index in [2.05, 4.69) is 15.3 Å². The van der Waals surface area contributed by atoms with Crippen LogP contribution in [-0.4, -0.2) is 39.0 Å². The molecule has 0 saturated heterocycles. The summed E-state index contributed by atoms with van der Waals surface area (Å²) in [4.78, 5) is 29.2. The van der Waals surface area contributed by atoms with Gasteiger partial charge in [0.25, 0.3) is 0 Å². The van der Waals surface area contributed by atoms with E-state index >= 15 is 0 Å². The van der Waals surface area contributed by atoms with Gasteiger partial charge in [-0.1, -0.05) is 0 Å². The Hall–Kier alpha value is -1.89. The molecular weight excluding hydrogens is 224 g/mol. The zero-order valence-corrected chi connectivity index (χ0v) is 9.73. The average Bonchev–Trinajstić information content (AvgIpc) is 2.62. The minimum atomic E-state index is -1.11. The van der Waals surface area contributed by atoms with Gasteiger partial charge in [0.05, 0.1) is 6.04 Å². The summed E-state index contributed by atoms with van der Waals surface area (Å²) < 4.78 is 0. The van der Waals surface area contributed by atoms with Gasteiger partial charge in [0, 0.05) is 18.3 Å². The maximum absolute atomic E-state index is 11.3. The second-order valence-electron chi connectivity index (χ2n) is 3.89. The third kappa shape index (κ3) is 3.87. The van der Waals surface area contributed by atoms with Crippen molar-refractivity contribution in [2.45, 2.75) is 32.4 Å². The van der Waals surface area contributed by atoms with Crippen LogP contribution in [0.3, 0.4) is 0 Å². The highest BCUT2D eigenvalue weighted by atomic mass is 16.4. The Morgan fingerprint density at radius 3 is 2.71 bits per heavy atom. The van der Waals surface area contributed by atoms with E-state index in [0.717, 1.165) is 0 Å². The molecule has 0 radical (unpaired) electrons. The lowest BCUT2D eigenvalue weighted by atomic mass is 10.1. The molecule has 1 amide bonds. The molecule has 0 fully saturated rings. The third-order valence-electron chi connectivity index (χ3n) is 2.21. The summed E-state index contributed by atoms with van der Waals surface area (Å²) >= 11 is 0. The first-order valence-corrected chi connectivity index (χ1v) is 5.19. The Balaban J connectivity index is 2.67. The molecule has 7 heteroatoms. The monoisotopic (exact) mass is 240 g/mol. The van der Waals surface area contributed by atoms with Crippen molar-refractivity contribution in [3.63, 3.8) is 0 Å². The Morgan fingerprint density at radius 1 is 1.65 bits per heavy atom. The van der Waals surface area contributed by atoms with Crippen LogP contribution in [0, 0.1) is 6.92 Å². The fourth-order valence-electron chi connectivity index (χ4n) is 1.30. The van der Waals surface area contributed by atoms with Gasteiger partial charge in [0.2, 0.25) is 5.91 Å². The zero-order valence-electron chi connectivity index (χ0n) is 9.73. The van der Waals surface area contributed by atoms with Crippen molar-refractivity contribution in [2.75, 3.05) is 0 Å². The number of nitrogens with zero attached hydrogens (tertiary/aromatic N) is 1. The number of hydrogen-bond acceptors (Lipinski definition) is 4. The molecule has 1 rings (SSSR count). The maximum Gasteiger partial charge on any atom is 0.326 e. The van der Waals surface area contributed by atoms with Crippen molar-refractivity contribution in [2.24, 2.45) is 5.73 Å². The van der Waals surface area contributed by atoms with Gasteiger partial charge in [-0.3, -0.25) is 4.79 Å². The number of aryl methyl sites for hydroxylation is 1. The Bertz CT molecular complexity index is 413. The molecule has 5 N–H and O–H groups in total. The first kappa shape index (κ1) is 13.2. The number of aromatic nitrogens is 2. The SMILES string of the molecule is Cc1ncc(C[C@H](NC(=O)[C@H](C)N)C(=O)O)[nH]1. The smallest absolute Gasteiger partial charge is 0.326 e. The molecule has 0 saturated carbocycles. The number of carbonyl (C=O) groups is 2. The van der Waals surface area contributed by atoms with E-state index in [-0.39, 0.29) is 6.42 Å². The van der Waals surface area contributed by atoms with E-state index < -0.39 is 24.0 Å². The predicted octanol–water partition coefficient (Wildman–Crippen LogP) is -0.823. The standard InChI is InChI=1S/C10H16N4O3/c1-5(11)9(15)14-8(10(16)17)3-7-4-12-6(2)13-7/h4-5,8H,3,11H2,1-2H3,(H,12,13)(H,14,15)(H,16,17)/t5-,8-/m0/s1. The Labute approximate surface area is 98.4 Å². The molecular formula is C10H16N4O3. The number of amides is 1. The number of nitrogens with one attached hydrogen (secondary N) is 2. The van der Waals surface area contributed by atoms with Gasteiger partial charge in [0.15, 0.2) is 0 Å². The Morgan fingerprint density at radius 2 is 2.29 bits per heavy atom. The molecule has 1 aromatic heterocycles. The largest absolute Gasteiger partial charge is 0.480 e. The minimum absolute atomic E-state index is 0.147. The van der Waals surface area contributed by atoms with Crippen molar-refractivity contribution >= 4 is 11.9 Å². The van der Waals surface area contributed by atoms with Gasteiger partial charge >= 0.3 is 5.97 Å². The number of H-pyrrole nitrogens is 1. The molecule has 0 aliphatic rings. The first-order chi connectivity index (χ1) is 7.90. The molecule has 7 nitrogen and oxygen atoms in total. The second kappa shape index (κ2) is 5.44. The lowest BCUT2D eigenvalue weighted by Crippen LogP contribution is -2.48. The number of aliphatic carboxylic acids is 1. The average molecular weight is 240 g/mol. The fraction of sp³-hybridized carbons (Fsp3) is 0.500. The van der Waals surface area contributed by atoms with Crippen LogP contribution < -0.4 is 11.1 Å². The van der Waals surface area contributed by atoms with Crippen molar-refractivity contribution in [1.82, 2.24) is 15.3 Å². The van der Waals surface area contributed by atoms with Crippen molar-refractivity contribution < 1.29 is 14.7 Å². The van der Waals surface area contributed by atoms with Gasteiger partial charge in [-0.05, 0) is 13.8 Å². The van der Waals surface area contributed by atoms with Crippen LogP contribution in [0.15, 0.2) is 6.20 Å². The summed E-state index contributed by atoms with van der Waals surface area (Å²) in [6.07, 6.45) is 1.69. The normalized spacial score (nSPS) is 14.1. The molecule has 1 aromatic rings. The topological polar surface area (TPSA) is 121 Å². The number of hydrogen-bond donors (Lipinski definition) is 4.